The maximum atomic E-state index is 5.04. The molecule has 0 fully saturated rings. The molecule has 1 heterocycles. The van der Waals surface area contributed by atoms with Gasteiger partial charge in [0.25, 0.3) is 0 Å². The van der Waals surface area contributed by atoms with E-state index in [1.165, 1.54) is 0 Å². The third-order valence-corrected chi connectivity index (χ3v) is 0.896. The van der Waals surface area contributed by atoms with Crippen LogP contribution in [0.25, 0.3) is 0 Å². The number of nitrogens with one attached hydrogen (secondary N) is 1. The normalized spacial score (nSPS) is 9.00. The van der Waals surface area contributed by atoms with Crippen LogP contribution in [0.15, 0.2) is 4.42 Å². The lowest BCUT2D eigenvalue weighted by molar-refractivity contribution is 0.456. The number of aryl methyl sites for hydroxylation is 1. The molecule has 1 N–H and O–H groups in total. The lowest BCUT2D eigenvalue weighted by Crippen LogP contribution is -2.04. The molecular weight excluding hydrogens is 154 g/mol. The number of aromatic nitrogens is 2. The minimum Gasteiger partial charge on any atom is -0.424 e. The molecule has 0 saturated carbocycles. The summed E-state index contributed by atoms with van der Waals surface area (Å²) in [5.74, 6) is 1.25. The molecule has 0 bridgehead atoms. The first-order valence-corrected chi connectivity index (χ1v) is 2.76. The average molecular weight is 164 g/mol. The first-order valence-electron chi connectivity index (χ1n) is 2.76. The summed E-state index contributed by atoms with van der Waals surface area (Å²) in [7, 11) is 1.83. The monoisotopic (exact) mass is 163 g/mol. The van der Waals surface area contributed by atoms with Gasteiger partial charge in [0, 0.05) is 6.92 Å². The summed E-state index contributed by atoms with van der Waals surface area (Å²) < 4.78 is 5.04. The van der Waals surface area contributed by atoms with Gasteiger partial charge in [-0.3, -0.25) is 0 Å². The lowest BCUT2D eigenvalue weighted by atomic mass is 10.6. The van der Waals surface area contributed by atoms with Gasteiger partial charge < -0.3 is 9.73 Å². The van der Waals surface area contributed by atoms with Crippen LogP contribution in [0.2, 0.25) is 0 Å². The van der Waals surface area contributed by atoms with Crippen molar-refractivity contribution in [3.63, 3.8) is 0 Å². The molecule has 5 heteroatoms. The van der Waals surface area contributed by atoms with Crippen molar-refractivity contribution in [1.29, 1.82) is 0 Å². The van der Waals surface area contributed by atoms with E-state index < -0.39 is 0 Å². The van der Waals surface area contributed by atoms with Crippen LogP contribution in [-0.4, -0.2) is 17.2 Å². The van der Waals surface area contributed by atoms with Gasteiger partial charge in [-0.25, -0.2) is 0 Å². The van der Waals surface area contributed by atoms with Crippen molar-refractivity contribution >= 4 is 12.4 Å². The fourth-order valence-electron chi connectivity index (χ4n) is 0.560. The number of rotatable bonds is 2. The van der Waals surface area contributed by atoms with Crippen LogP contribution in [0.3, 0.4) is 0 Å². The predicted octanol–water partition coefficient (Wildman–Crippen LogP) is 0.519. The average Bonchev–Trinajstić information content (AvgIpc) is 2.17. The Morgan fingerprint density at radius 1 is 1.50 bits per heavy atom. The molecule has 1 rings (SSSR count). The second kappa shape index (κ2) is 4.24. The maximum absolute atomic E-state index is 5.04. The number of nitrogens with zero attached hydrogens (tertiary/aromatic N) is 2. The van der Waals surface area contributed by atoms with E-state index in [-0.39, 0.29) is 12.4 Å². The number of hydrogen-bond acceptors (Lipinski definition) is 4. The van der Waals surface area contributed by atoms with E-state index in [4.69, 9.17) is 4.42 Å². The Bertz CT molecular complexity index is 189. The zero-order chi connectivity index (χ0) is 6.69. The zero-order valence-corrected chi connectivity index (χ0v) is 6.73. The summed E-state index contributed by atoms with van der Waals surface area (Å²) in [5.41, 5.74) is 0. The van der Waals surface area contributed by atoms with E-state index in [9.17, 15) is 0 Å². The van der Waals surface area contributed by atoms with Crippen molar-refractivity contribution in [3.05, 3.63) is 11.8 Å². The van der Waals surface area contributed by atoms with E-state index in [1.807, 2.05) is 7.05 Å². The molecule has 0 saturated heterocycles. The maximum Gasteiger partial charge on any atom is 0.230 e. The summed E-state index contributed by atoms with van der Waals surface area (Å²) in [6.45, 7) is 2.41. The first kappa shape index (κ1) is 9.39. The van der Waals surface area contributed by atoms with Gasteiger partial charge in [-0.05, 0) is 7.05 Å². The minimum atomic E-state index is 0. The molecule has 0 aliphatic rings. The molecule has 0 unspecified atom stereocenters. The molecule has 0 atom stereocenters. The third-order valence-electron chi connectivity index (χ3n) is 0.896. The third kappa shape index (κ3) is 2.33. The Kier molecular flexibility index (Phi) is 3.99. The van der Waals surface area contributed by atoms with Gasteiger partial charge in [-0.15, -0.1) is 22.6 Å². The van der Waals surface area contributed by atoms with Gasteiger partial charge in [0.1, 0.15) is 0 Å². The highest BCUT2D eigenvalue weighted by Crippen LogP contribution is 1.95. The van der Waals surface area contributed by atoms with Crippen LogP contribution < -0.4 is 5.32 Å². The zero-order valence-electron chi connectivity index (χ0n) is 5.92. The molecule has 0 aliphatic carbocycles. The highest BCUT2D eigenvalue weighted by atomic mass is 35.5. The topological polar surface area (TPSA) is 51.0 Å². The summed E-state index contributed by atoms with van der Waals surface area (Å²) in [5, 5.41) is 10.3. The van der Waals surface area contributed by atoms with Crippen molar-refractivity contribution in [2.24, 2.45) is 0 Å². The smallest absolute Gasteiger partial charge is 0.230 e. The van der Waals surface area contributed by atoms with Crippen LogP contribution in [0.5, 0.6) is 0 Å². The quantitative estimate of drug-likeness (QED) is 0.691. The van der Waals surface area contributed by atoms with E-state index in [2.05, 4.69) is 15.5 Å². The second-order valence-electron chi connectivity index (χ2n) is 1.75. The number of halogens is 1. The SMILES string of the molecule is CNCc1nnc(C)o1.Cl. The van der Waals surface area contributed by atoms with Gasteiger partial charge in [0.05, 0.1) is 6.54 Å². The van der Waals surface area contributed by atoms with Crippen LogP contribution in [0, 0.1) is 6.92 Å². The number of hydrogen-bond donors (Lipinski definition) is 1. The fraction of sp³-hybridized carbons (Fsp3) is 0.600. The van der Waals surface area contributed by atoms with E-state index >= 15 is 0 Å². The molecular formula is C5H10ClN3O. The standard InChI is InChI=1S/C5H9N3O.ClH/c1-4-7-8-5(9-4)3-6-2;/h6H,3H2,1-2H3;1H. The van der Waals surface area contributed by atoms with Crippen LogP contribution >= 0.6 is 12.4 Å². The molecule has 1 aromatic rings. The molecule has 10 heavy (non-hydrogen) atoms. The van der Waals surface area contributed by atoms with Crippen molar-refractivity contribution in [3.8, 4) is 0 Å². The van der Waals surface area contributed by atoms with Crippen molar-refractivity contribution in [2.75, 3.05) is 7.05 Å². The molecule has 0 aromatic carbocycles. The Labute approximate surface area is 65.4 Å². The molecule has 0 amide bonds. The molecule has 4 nitrogen and oxygen atoms in total. The van der Waals surface area contributed by atoms with Crippen LogP contribution in [0.1, 0.15) is 11.8 Å². The molecule has 0 spiro atoms. The van der Waals surface area contributed by atoms with E-state index in [0.717, 1.165) is 0 Å². The molecule has 58 valence electrons. The second-order valence-corrected chi connectivity index (χ2v) is 1.75. The highest BCUT2D eigenvalue weighted by Gasteiger charge is 1.97. The van der Waals surface area contributed by atoms with Gasteiger partial charge >= 0.3 is 0 Å². The van der Waals surface area contributed by atoms with Crippen molar-refractivity contribution in [2.45, 2.75) is 13.5 Å². The molecule has 0 radical (unpaired) electrons. The summed E-state index contributed by atoms with van der Waals surface area (Å²) in [6, 6.07) is 0. The van der Waals surface area contributed by atoms with Gasteiger partial charge in [-0.1, -0.05) is 0 Å². The Balaban J connectivity index is 0.000000810. The molecule has 0 aliphatic heterocycles. The summed E-state index contributed by atoms with van der Waals surface area (Å²) in [6.07, 6.45) is 0. The van der Waals surface area contributed by atoms with Crippen molar-refractivity contribution in [1.82, 2.24) is 15.5 Å². The highest BCUT2D eigenvalue weighted by molar-refractivity contribution is 5.85. The summed E-state index contributed by atoms with van der Waals surface area (Å²) in [4.78, 5) is 0. The largest absolute Gasteiger partial charge is 0.424 e. The van der Waals surface area contributed by atoms with Gasteiger partial charge in [-0.2, -0.15) is 0 Å². The first-order chi connectivity index (χ1) is 4.33. The summed E-state index contributed by atoms with van der Waals surface area (Å²) >= 11 is 0. The van der Waals surface area contributed by atoms with Gasteiger partial charge in [0.2, 0.25) is 11.8 Å². The van der Waals surface area contributed by atoms with Crippen molar-refractivity contribution < 1.29 is 4.42 Å². The predicted molar refractivity (Wildman–Crippen MR) is 39.0 cm³/mol. The Morgan fingerprint density at radius 3 is 2.60 bits per heavy atom. The minimum absolute atomic E-state index is 0. The van der Waals surface area contributed by atoms with Crippen LogP contribution in [0.4, 0.5) is 0 Å². The van der Waals surface area contributed by atoms with E-state index in [1.54, 1.807) is 6.92 Å². The van der Waals surface area contributed by atoms with E-state index in [0.29, 0.717) is 18.3 Å². The fourth-order valence-corrected chi connectivity index (χ4v) is 0.560. The Morgan fingerprint density at radius 2 is 2.20 bits per heavy atom. The molecule has 1 aromatic heterocycles. The van der Waals surface area contributed by atoms with Gasteiger partial charge in [0.15, 0.2) is 0 Å². The van der Waals surface area contributed by atoms with Crippen LogP contribution in [-0.2, 0) is 6.54 Å². The Hall–Kier alpha value is -0.610. The lowest BCUT2D eigenvalue weighted by Gasteiger charge is -1.86.